The van der Waals surface area contributed by atoms with E-state index >= 15 is 0 Å². The average molecular weight is 428 g/mol. The first kappa shape index (κ1) is 21.8. The first-order valence-corrected chi connectivity index (χ1v) is 9.98. The highest BCUT2D eigenvalue weighted by atomic mass is 35.5. The molecule has 2 N–H and O–H groups in total. The molecule has 0 bridgehead atoms. The van der Waals surface area contributed by atoms with E-state index in [1.54, 1.807) is 12.1 Å². The van der Waals surface area contributed by atoms with Gasteiger partial charge in [0.2, 0.25) is 15.9 Å². The fraction of sp³-hybridized carbons (Fsp3) is 0.278. The Bertz CT molecular complexity index is 946. The summed E-state index contributed by atoms with van der Waals surface area (Å²) in [6.45, 7) is -0.0428. The van der Waals surface area contributed by atoms with Gasteiger partial charge in [-0.3, -0.25) is 4.79 Å². The number of halogens is 1. The third-order valence-corrected chi connectivity index (χ3v) is 5.95. The zero-order chi connectivity index (χ0) is 20.9. The maximum Gasteiger partial charge on any atom is 0.243 e. The molecule has 0 radical (unpaired) electrons. The summed E-state index contributed by atoms with van der Waals surface area (Å²) in [6, 6.07) is 9.15. The van der Waals surface area contributed by atoms with Gasteiger partial charge in [-0.05, 0) is 24.3 Å². The predicted octanol–water partition coefficient (Wildman–Crippen LogP) is 2.66. The Balaban J connectivity index is 2.04. The zero-order valence-electron chi connectivity index (χ0n) is 15.9. The molecule has 2 rings (SSSR count). The van der Waals surface area contributed by atoms with Crippen LogP contribution in [-0.4, -0.2) is 53.5 Å². The van der Waals surface area contributed by atoms with Crippen molar-refractivity contribution in [1.29, 1.82) is 0 Å². The van der Waals surface area contributed by atoms with Gasteiger partial charge in [0.05, 0.1) is 36.4 Å². The maximum absolute atomic E-state index is 12.2. The van der Waals surface area contributed by atoms with Gasteiger partial charge in [-0.15, -0.1) is 0 Å². The van der Waals surface area contributed by atoms with Crippen LogP contribution in [0, 0.1) is 0 Å². The van der Waals surface area contributed by atoms with E-state index in [-0.39, 0.29) is 17.3 Å². The third kappa shape index (κ3) is 5.06. The smallest absolute Gasteiger partial charge is 0.243 e. The van der Waals surface area contributed by atoms with Crippen LogP contribution in [0.5, 0.6) is 11.5 Å². The van der Waals surface area contributed by atoms with Crippen LogP contribution in [-0.2, 0) is 14.8 Å². The second kappa shape index (κ2) is 9.13. The monoisotopic (exact) mass is 427 g/mol. The van der Waals surface area contributed by atoms with Crippen molar-refractivity contribution in [3.05, 3.63) is 41.4 Å². The van der Waals surface area contributed by atoms with Gasteiger partial charge in [-0.25, -0.2) is 12.7 Å². The van der Waals surface area contributed by atoms with Gasteiger partial charge in [0.25, 0.3) is 0 Å². The number of ether oxygens (including phenoxy) is 2. The predicted molar refractivity (Wildman–Crippen MR) is 109 cm³/mol. The molecule has 0 fully saturated rings. The minimum absolute atomic E-state index is 0.0428. The summed E-state index contributed by atoms with van der Waals surface area (Å²) in [6.07, 6.45) is 0. The molecule has 0 unspecified atom stereocenters. The lowest BCUT2D eigenvalue weighted by Crippen LogP contribution is -2.23. The zero-order valence-corrected chi connectivity index (χ0v) is 17.5. The molecule has 28 heavy (non-hydrogen) atoms. The van der Waals surface area contributed by atoms with E-state index in [1.807, 2.05) is 0 Å². The van der Waals surface area contributed by atoms with Crippen molar-refractivity contribution in [2.75, 3.05) is 45.5 Å². The molecule has 0 spiro atoms. The van der Waals surface area contributed by atoms with Crippen molar-refractivity contribution < 1.29 is 22.7 Å². The second-order valence-electron chi connectivity index (χ2n) is 5.90. The van der Waals surface area contributed by atoms with E-state index in [9.17, 15) is 13.2 Å². The molecule has 8 nitrogen and oxygen atoms in total. The van der Waals surface area contributed by atoms with E-state index in [0.717, 1.165) is 4.31 Å². The normalized spacial score (nSPS) is 11.2. The fourth-order valence-electron chi connectivity index (χ4n) is 2.30. The first-order chi connectivity index (χ1) is 13.2. The summed E-state index contributed by atoms with van der Waals surface area (Å²) >= 11 is 6.06. The van der Waals surface area contributed by atoms with E-state index < -0.39 is 10.0 Å². The molecule has 1 amide bonds. The lowest BCUT2D eigenvalue weighted by atomic mass is 10.2. The summed E-state index contributed by atoms with van der Waals surface area (Å²) < 4.78 is 35.6. The van der Waals surface area contributed by atoms with E-state index in [4.69, 9.17) is 21.1 Å². The molecule has 0 saturated carbocycles. The van der Waals surface area contributed by atoms with Gasteiger partial charge in [0.1, 0.15) is 11.5 Å². The number of anilines is 2. The number of nitrogens with zero attached hydrogens (tertiary/aromatic N) is 1. The maximum atomic E-state index is 12.2. The number of carbonyl (C=O) groups excluding carboxylic acids is 1. The highest BCUT2D eigenvalue weighted by Crippen LogP contribution is 2.35. The van der Waals surface area contributed by atoms with Crippen molar-refractivity contribution in [3.63, 3.8) is 0 Å². The molecule has 2 aromatic rings. The van der Waals surface area contributed by atoms with Crippen molar-refractivity contribution in [2.24, 2.45) is 0 Å². The van der Waals surface area contributed by atoms with Crippen LogP contribution in [0.3, 0.4) is 0 Å². The Morgan fingerprint density at radius 3 is 2.21 bits per heavy atom. The highest BCUT2D eigenvalue weighted by molar-refractivity contribution is 7.89. The Morgan fingerprint density at radius 1 is 1.07 bits per heavy atom. The molecule has 2 aromatic carbocycles. The van der Waals surface area contributed by atoms with Crippen LogP contribution in [0.4, 0.5) is 11.4 Å². The molecule has 0 heterocycles. The topological polar surface area (TPSA) is 97.0 Å². The summed E-state index contributed by atoms with van der Waals surface area (Å²) in [5.74, 6) is 0.596. The number of benzene rings is 2. The summed E-state index contributed by atoms with van der Waals surface area (Å²) in [5, 5.41) is 6.04. The van der Waals surface area contributed by atoms with Crippen molar-refractivity contribution in [2.45, 2.75) is 4.90 Å². The molecular formula is C18H22ClN3O5S. The Hall–Kier alpha value is -2.49. The molecule has 0 aromatic heterocycles. The number of amides is 1. The number of carbonyl (C=O) groups is 1. The third-order valence-electron chi connectivity index (χ3n) is 3.83. The standard InChI is InChI=1S/C18H22ClN3O5S/c1-22(2)28(24,25)13-7-5-12(6-8-13)21-18(23)11-20-15-10-16(26-3)14(19)9-17(15)27-4/h5-10,20H,11H2,1-4H3,(H,21,23). The Kier molecular flexibility index (Phi) is 7.11. The van der Waals surface area contributed by atoms with Gasteiger partial charge < -0.3 is 20.1 Å². The molecule has 0 aliphatic rings. The second-order valence-corrected chi connectivity index (χ2v) is 8.46. The lowest BCUT2D eigenvalue weighted by Gasteiger charge is -2.14. The highest BCUT2D eigenvalue weighted by Gasteiger charge is 2.17. The van der Waals surface area contributed by atoms with Crippen molar-refractivity contribution in [3.8, 4) is 11.5 Å². The number of rotatable bonds is 8. The van der Waals surface area contributed by atoms with Crippen LogP contribution in [0.2, 0.25) is 5.02 Å². The number of nitrogens with one attached hydrogen (secondary N) is 2. The molecule has 0 saturated heterocycles. The van der Waals surface area contributed by atoms with E-state index in [2.05, 4.69) is 10.6 Å². The van der Waals surface area contributed by atoms with Crippen LogP contribution < -0.4 is 20.1 Å². The summed E-state index contributed by atoms with van der Waals surface area (Å²) in [4.78, 5) is 12.3. The summed E-state index contributed by atoms with van der Waals surface area (Å²) in [7, 11) is 2.38. The van der Waals surface area contributed by atoms with Crippen molar-refractivity contribution in [1.82, 2.24) is 4.31 Å². The lowest BCUT2D eigenvalue weighted by molar-refractivity contribution is -0.114. The minimum Gasteiger partial charge on any atom is -0.495 e. The molecule has 0 atom stereocenters. The number of methoxy groups -OCH3 is 2. The SMILES string of the molecule is COc1cc(NCC(=O)Nc2ccc(S(=O)(=O)N(C)C)cc2)c(OC)cc1Cl. The van der Waals surface area contributed by atoms with Gasteiger partial charge >= 0.3 is 0 Å². The van der Waals surface area contributed by atoms with Gasteiger partial charge in [0, 0.05) is 31.9 Å². The van der Waals surface area contributed by atoms with Crippen LogP contribution >= 0.6 is 11.6 Å². The van der Waals surface area contributed by atoms with Crippen LogP contribution in [0.25, 0.3) is 0 Å². The summed E-state index contributed by atoms with van der Waals surface area (Å²) in [5.41, 5.74) is 1.02. The van der Waals surface area contributed by atoms with E-state index in [0.29, 0.717) is 27.9 Å². The van der Waals surface area contributed by atoms with Crippen LogP contribution in [0.1, 0.15) is 0 Å². The molecule has 10 heteroatoms. The first-order valence-electron chi connectivity index (χ1n) is 8.17. The number of hydrogen-bond acceptors (Lipinski definition) is 6. The quantitative estimate of drug-likeness (QED) is 0.672. The Morgan fingerprint density at radius 2 is 1.68 bits per heavy atom. The number of sulfonamides is 1. The largest absolute Gasteiger partial charge is 0.495 e. The minimum atomic E-state index is -3.51. The fourth-order valence-corrected chi connectivity index (χ4v) is 3.43. The number of hydrogen-bond donors (Lipinski definition) is 2. The van der Waals surface area contributed by atoms with Gasteiger partial charge in [-0.2, -0.15) is 0 Å². The van der Waals surface area contributed by atoms with Crippen molar-refractivity contribution >= 4 is 38.9 Å². The van der Waals surface area contributed by atoms with E-state index in [1.165, 1.54) is 52.6 Å². The van der Waals surface area contributed by atoms with Gasteiger partial charge in [-0.1, -0.05) is 11.6 Å². The molecule has 0 aliphatic carbocycles. The van der Waals surface area contributed by atoms with Gasteiger partial charge in [0.15, 0.2) is 0 Å². The van der Waals surface area contributed by atoms with Crippen LogP contribution in [0.15, 0.2) is 41.3 Å². The Labute approximate surface area is 169 Å². The molecule has 0 aliphatic heterocycles. The molecular weight excluding hydrogens is 406 g/mol. The molecule has 152 valence electrons. The average Bonchev–Trinajstić information content (AvgIpc) is 2.66.